The standard InChI is InChI=1S/C41H60O12/c1-20-23-18-26(31-30(23)35(45)49-13-10-9-11-14-50-36(31)46)32(20)41(8,38(48)53-40(6,7)39(3,4)5)19-27-24-16-22(17-25(24)34(44)51-15-12-42)29(27)28-21(2)33(43)52-37(28)47/h20-32,42H,9-19H2,1-8H3. The summed E-state index contributed by atoms with van der Waals surface area (Å²) in [6.07, 6.45) is 4.01. The molecule has 2 saturated heterocycles. The van der Waals surface area contributed by atoms with Crippen molar-refractivity contribution in [2.24, 2.45) is 87.8 Å². The van der Waals surface area contributed by atoms with E-state index in [9.17, 15) is 29.1 Å². The molecule has 0 radical (unpaired) electrons. The largest absolute Gasteiger partial charge is 0.465 e. The van der Waals surface area contributed by atoms with Crippen molar-refractivity contribution in [2.75, 3.05) is 26.4 Å². The molecular weight excluding hydrogens is 684 g/mol. The maximum atomic E-state index is 15.2. The van der Waals surface area contributed by atoms with E-state index in [-0.39, 0.29) is 80.2 Å². The Kier molecular flexibility index (Phi) is 10.9. The Morgan fingerprint density at radius 1 is 0.774 bits per heavy atom. The highest BCUT2D eigenvalue weighted by Gasteiger charge is 2.69. The van der Waals surface area contributed by atoms with E-state index in [1.54, 1.807) is 6.92 Å². The summed E-state index contributed by atoms with van der Waals surface area (Å²) < 4.78 is 28.7. The second-order valence-corrected chi connectivity index (χ2v) is 18.9. The number of fused-ring (bicyclic) bond motifs is 7. The second kappa shape index (κ2) is 14.6. The van der Waals surface area contributed by atoms with Crippen LogP contribution in [0.5, 0.6) is 0 Å². The van der Waals surface area contributed by atoms with Crippen LogP contribution in [-0.2, 0) is 52.5 Å². The zero-order valence-electron chi connectivity index (χ0n) is 32.7. The molecule has 0 aromatic heterocycles. The van der Waals surface area contributed by atoms with Crippen LogP contribution in [0, 0.1) is 87.8 Å². The van der Waals surface area contributed by atoms with Gasteiger partial charge in [0.1, 0.15) is 12.2 Å². The van der Waals surface area contributed by atoms with Crippen LogP contribution < -0.4 is 0 Å². The molecule has 1 N–H and O–H groups in total. The smallest absolute Gasteiger partial charge is 0.317 e. The summed E-state index contributed by atoms with van der Waals surface area (Å²) in [5, 5.41) is 9.39. The van der Waals surface area contributed by atoms with Gasteiger partial charge in [0.05, 0.1) is 54.8 Å². The fraction of sp³-hybridized carbons (Fsp3) is 0.854. The molecule has 0 aromatic carbocycles. The highest BCUT2D eigenvalue weighted by atomic mass is 16.6. The molecule has 296 valence electrons. The van der Waals surface area contributed by atoms with Gasteiger partial charge in [-0.3, -0.25) is 28.8 Å². The average Bonchev–Trinajstić information content (AvgIpc) is 3.88. The van der Waals surface area contributed by atoms with E-state index in [1.165, 1.54) is 0 Å². The Labute approximate surface area is 313 Å². The highest BCUT2D eigenvalue weighted by molar-refractivity contribution is 5.96. The van der Waals surface area contributed by atoms with E-state index >= 15 is 4.79 Å². The first-order valence-corrected chi connectivity index (χ1v) is 19.9. The monoisotopic (exact) mass is 744 g/mol. The summed E-state index contributed by atoms with van der Waals surface area (Å²) in [6.45, 7) is 15.6. The van der Waals surface area contributed by atoms with Crippen molar-refractivity contribution in [2.45, 2.75) is 106 Å². The minimum atomic E-state index is -1.23. The molecule has 0 spiro atoms. The van der Waals surface area contributed by atoms with Crippen LogP contribution in [0.2, 0.25) is 0 Å². The van der Waals surface area contributed by atoms with Crippen molar-refractivity contribution in [3.8, 4) is 0 Å². The van der Waals surface area contributed by atoms with Gasteiger partial charge in [-0.05, 0) is 113 Å². The molecule has 14 atom stereocenters. The van der Waals surface area contributed by atoms with Gasteiger partial charge in [-0.2, -0.15) is 0 Å². The van der Waals surface area contributed by atoms with Gasteiger partial charge in [-0.25, -0.2) is 0 Å². The summed E-state index contributed by atoms with van der Waals surface area (Å²) >= 11 is 0. The molecule has 14 unspecified atom stereocenters. The lowest BCUT2D eigenvalue weighted by Crippen LogP contribution is -2.54. The van der Waals surface area contributed by atoms with Crippen molar-refractivity contribution in [1.29, 1.82) is 0 Å². The van der Waals surface area contributed by atoms with Crippen molar-refractivity contribution >= 4 is 35.8 Å². The quantitative estimate of drug-likeness (QED) is 0.193. The lowest BCUT2D eigenvalue weighted by Gasteiger charge is -2.50. The second-order valence-electron chi connectivity index (χ2n) is 18.9. The molecule has 4 saturated carbocycles. The van der Waals surface area contributed by atoms with E-state index in [4.69, 9.17) is 23.7 Å². The van der Waals surface area contributed by atoms with Gasteiger partial charge < -0.3 is 28.8 Å². The summed E-state index contributed by atoms with van der Waals surface area (Å²) in [4.78, 5) is 82.4. The predicted octanol–water partition coefficient (Wildman–Crippen LogP) is 4.92. The first kappa shape index (κ1) is 39.7. The minimum Gasteiger partial charge on any atom is -0.465 e. The van der Waals surface area contributed by atoms with E-state index in [1.807, 2.05) is 41.5 Å². The molecule has 12 nitrogen and oxygen atoms in total. The predicted molar refractivity (Wildman–Crippen MR) is 188 cm³/mol. The third-order valence-corrected chi connectivity index (χ3v) is 15.1. The van der Waals surface area contributed by atoms with Crippen LogP contribution in [0.4, 0.5) is 0 Å². The molecular formula is C41H60O12. The summed E-state index contributed by atoms with van der Waals surface area (Å²) in [6, 6.07) is 0. The Hall–Kier alpha value is -3.02. The molecule has 2 heterocycles. The van der Waals surface area contributed by atoms with Gasteiger partial charge >= 0.3 is 35.8 Å². The van der Waals surface area contributed by atoms with Gasteiger partial charge in [0.25, 0.3) is 0 Å². The van der Waals surface area contributed by atoms with Gasteiger partial charge in [0.15, 0.2) is 0 Å². The normalized spacial score (nSPS) is 39.8. The number of carbonyl (C=O) groups is 6. The van der Waals surface area contributed by atoms with Crippen molar-refractivity contribution < 1.29 is 57.6 Å². The Morgan fingerprint density at radius 3 is 1.96 bits per heavy atom. The van der Waals surface area contributed by atoms with Crippen LogP contribution >= 0.6 is 0 Å². The number of aliphatic hydroxyl groups is 1. The van der Waals surface area contributed by atoms with Crippen LogP contribution in [0.15, 0.2) is 0 Å². The number of carbonyl (C=O) groups excluding carboxylic acids is 6. The molecule has 6 aliphatic rings. The van der Waals surface area contributed by atoms with Crippen LogP contribution in [0.3, 0.4) is 0 Å². The fourth-order valence-corrected chi connectivity index (χ4v) is 11.7. The van der Waals surface area contributed by atoms with Crippen molar-refractivity contribution in [3.05, 3.63) is 0 Å². The fourth-order valence-electron chi connectivity index (χ4n) is 11.7. The first-order chi connectivity index (χ1) is 24.8. The lowest BCUT2D eigenvalue weighted by atomic mass is 9.54. The third kappa shape index (κ3) is 6.81. The topological polar surface area (TPSA) is 169 Å². The molecule has 12 heteroatoms. The van der Waals surface area contributed by atoms with Crippen LogP contribution in [0.25, 0.3) is 0 Å². The molecule has 53 heavy (non-hydrogen) atoms. The molecule has 0 aromatic rings. The maximum absolute atomic E-state index is 15.2. The van der Waals surface area contributed by atoms with E-state index in [2.05, 4.69) is 6.92 Å². The number of hydrogen-bond acceptors (Lipinski definition) is 12. The average molecular weight is 745 g/mol. The number of hydrogen-bond donors (Lipinski definition) is 1. The number of aliphatic hydroxyl groups excluding tert-OH is 1. The molecule has 4 bridgehead atoms. The molecule has 2 aliphatic heterocycles. The highest BCUT2D eigenvalue weighted by Crippen LogP contribution is 2.68. The molecule has 6 fully saturated rings. The third-order valence-electron chi connectivity index (χ3n) is 15.1. The zero-order chi connectivity index (χ0) is 38.8. The lowest BCUT2D eigenvalue weighted by molar-refractivity contribution is -0.191. The number of esters is 6. The number of cyclic esters (lactones) is 4. The summed E-state index contributed by atoms with van der Waals surface area (Å²) in [7, 11) is 0. The minimum absolute atomic E-state index is 0.0947. The maximum Gasteiger partial charge on any atom is 0.317 e. The van der Waals surface area contributed by atoms with Gasteiger partial charge in [-0.1, -0.05) is 34.6 Å². The molecule has 0 amide bonds. The summed E-state index contributed by atoms with van der Waals surface area (Å²) in [5.74, 6) is -8.42. The Morgan fingerprint density at radius 2 is 1.40 bits per heavy atom. The van der Waals surface area contributed by atoms with Gasteiger partial charge in [0.2, 0.25) is 0 Å². The number of rotatable bonds is 9. The molecule has 4 aliphatic carbocycles. The Balaban J connectivity index is 1.43. The van der Waals surface area contributed by atoms with Gasteiger partial charge in [-0.15, -0.1) is 0 Å². The van der Waals surface area contributed by atoms with Crippen molar-refractivity contribution in [3.63, 3.8) is 0 Å². The van der Waals surface area contributed by atoms with Crippen molar-refractivity contribution in [1.82, 2.24) is 0 Å². The van der Waals surface area contributed by atoms with Crippen LogP contribution in [-0.4, -0.2) is 73.0 Å². The SMILES string of the molecule is CC1C(=O)OC(=O)C1C1C2CC(C(=O)OCCO)C(C2)C1CC(C)(C(=O)OC(C)(C)C(C)(C)C)C1C(C)C2CC1C1C(=O)OCCCCCOC(=O)C21. The number of ether oxygens (including phenoxy) is 5. The van der Waals surface area contributed by atoms with Gasteiger partial charge in [0, 0.05) is 5.41 Å². The Bertz CT molecular complexity index is 1480. The van der Waals surface area contributed by atoms with E-state index in [0.29, 0.717) is 32.1 Å². The van der Waals surface area contributed by atoms with E-state index in [0.717, 1.165) is 6.42 Å². The van der Waals surface area contributed by atoms with E-state index < -0.39 is 81.8 Å². The first-order valence-electron chi connectivity index (χ1n) is 19.9. The van der Waals surface area contributed by atoms with Crippen LogP contribution in [0.1, 0.15) is 100 Å². The summed E-state index contributed by atoms with van der Waals surface area (Å²) in [5.41, 5.74) is -2.56. The zero-order valence-corrected chi connectivity index (χ0v) is 32.7. The molecule has 6 rings (SSSR count).